The van der Waals surface area contributed by atoms with E-state index in [9.17, 15) is 9.59 Å². The minimum absolute atomic E-state index is 0.184. The van der Waals surface area contributed by atoms with Crippen LogP contribution in [0.3, 0.4) is 0 Å². The Kier molecular flexibility index (Phi) is 6.07. The Balaban J connectivity index is 2.73. The number of nitrogens with one attached hydrogen (secondary N) is 1. The van der Waals surface area contributed by atoms with Crippen LogP contribution < -0.4 is 5.32 Å². The highest BCUT2D eigenvalue weighted by molar-refractivity contribution is 5.91. The molecule has 0 unspecified atom stereocenters. The van der Waals surface area contributed by atoms with Crippen LogP contribution in [0.1, 0.15) is 5.56 Å². The first kappa shape index (κ1) is 15.5. The topological polar surface area (TPSA) is 78.9 Å². The lowest BCUT2D eigenvalue weighted by Crippen LogP contribution is -2.40. The zero-order chi connectivity index (χ0) is 15.0. The third-order valence-electron chi connectivity index (χ3n) is 2.46. The molecule has 0 radical (unpaired) electrons. The molecule has 0 aromatic heterocycles. The number of carbonyl (C=O) groups excluding carboxylic acids is 1. The molecule has 0 saturated carbocycles. The zero-order valence-electron chi connectivity index (χ0n) is 11.1. The number of methoxy groups -OCH3 is 1. The first-order valence-electron chi connectivity index (χ1n) is 5.90. The summed E-state index contributed by atoms with van der Waals surface area (Å²) in [7, 11) is 1.48. The number of amides is 2. The molecule has 20 heavy (non-hydrogen) atoms. The molecule has 0 saturated heterocycles. The molecule has 0 heterocycles. The first-order chi connectivity index (χ1) is 9.56. The van der Waals surface area contributed by atoms with Crippen LogP contribution in [0.15, 0.2) is 24.3 Å². The van der Waals surface area contributed by atoms with Gasteiger partial charge in [-0.05, 0) is 18.2 Å². The number of ether oxygens (including phenoxy) is 1. The lowest BCUT2D eigenvalue weighted by Gasteiger charge is -2.20. The van der Waals surface area contributed by atoms with Crippen LogP contribution in [0.5, 0.6) is 0 Å². The van der Waals surface area contributed by atoms with Crippen LogP contribution in [0.2, 0.25) is 0 Å². The van der Waals surface area contributed by atoms with Crippen molar-refractivity contribution >= 4 is 17.7 Å². The van der Waals surface area contributed by atoms with E-state index in [1.54, 1.807) is 24.3 Å². The number of carboxylic acid groups (broad SMARTS) is 1. The lowest BCUT2D eigenvalue weighted by atomic mass is 10.2. The molecule has 0 fully saturated rings. The Labute approximate surface area is 117 Å². The monoisotopic (exact) mass is 276 g/mol. The number of anilines is 1. The number of carbonyl (C=O) groups is 2. The van der Waals surface area contributed by atoms with Crippen LogP contribution in [0, 0.1) is 12.3 Å². The highest BCUT2D eigenvalue weighted by Crippen LogP contribution is 2.10. The molecule has 6 nitrogen and oxygen atoms in total. The van der Waals surface area contributed by atoms with Crippen molar-refractivity contribution in [3.05, 3.63) is 29.8 Å². The molecule has 1 aromatic rings. The molecule has 0 aliphatic heterocycles. The van der Waals surface area contributed by atoms with E-state index in [0.717, 1.165) is 4.90 Å². The van der Waals surface area contributed by atoms with Gasteiger partial charge in [0.05, 0.1) is 6.61 Å². The van der Waals surface area contributed by atoms with Crippen molar-refractivity contribution in [2.45, 2.75) is 0 Å². The molecular weight excluding hydrogens is 260 g/mol. The third-order valence-corrected chi connectivity index (χ3v) is 2.46. The van der Waals surface area contributed by atoms with Gasteiger partial charge in [-0.3, -0.25) is 4.79 Å². The van der Waals surface area contributed by atoms with E-state index in [4.69, 9.17) is 16.3 Å². The molecular formula is C14H16N2O4. The Bertz CT molecular complexity index is 522. The van der Waals surface area contributed by atoms with Crippen LogP contribution in [0.4, 0.5) is 10.5 Å². The molecule has 0 aliphatic carbocycles. The zero-order valence-corrected chi connectivity index (χ0v) is 11.1. The Morgan fingerprint density at radius 2 is 2.25 bits per heavy atom. The number of hydrogen-bond acceptors (Lipinski definition) is 3. The van der Waals surface area contributed by atoms with Gasteiger partial charge in [0.25, 0.3) is 0 Å². The van der Waals surface area contributed by atoms with Gasteiger partial charge in [-0.2, -0.15) is 0 Å². The van der Waals surface area contributed by atoms with Crippen molar-refractivity contribution in [3.63, 3.8) is 0 Å². The average Bonchev–Trinajstić information content (AvgIpc) is 2.43. The lowest BCUT2D eigenvalue weighted by molar-refractivity contribution is -0.137. The summed E-state index contributed by atoms with van der Waals surface area (Å²) in [6, 6.07) is 6.23. The van der Waals surface area contributed by atoms with Crippen molar-refractivity contribution in [2.24, 2.45) is 0 Å². The Hall–Kier alpha value is -2.52. The average molecular weight is 276 g/mol. The molecule has 2 N–H and O–H groups in total. The van der Waals surface area contributed by atoms with Gasteiger partial charge in [0.15, 0.2) is 0 Å². The summed E-state index contributed by atoms with van der Waals surface area (Å²) in [6.07, 6.45) is 5.27. The normalized spacial score (nSPS) is 9.60. The fourth-order valence-electron chi connectivity index (χ4n) is 1.51. The van der Waals surface area contributed by atoms with E-state index in [0.29, 0.717) is 11.3 Å². The van der Waals surface area contributed by atoms with Crippen LogP contribution >= 0.6 is 0 Å². The van der Waals surface area contributed by atoms with Gasteiger partial charge >= 0.3 is 12.0 Å². The molecule has 0 spiro atoms. The largest absolute Gasteiger partial charge is 0.480 e. The van der Waals surface area contributed by atoms with Crippen LogP contribution in [-0.4, -0.2) is 48.8 Å². The number of terminal acetylenes is 1. The van der Waals surface area contributed by atoms with E-state index >= 15 is 0 Å². The van der Waals surface area contributed by atoms with E-state index in [1.807, 2.05) is 0 Å². The van der Waals surface area contributed by atoms with Crippen molar-refractivity contribution in [3.8, 4) is 12.3 Å². The predicted molar refractivity (Wildman–Crippen MR) is 74.5 cm³/mol. The minimum atomic E-state index is -1.09. The van der Waals surface area contributed by atoms with E-state index in [1.165, 1.54) is 7.11 Å². The fourth-order valence-corrected chi connectivity index (χ4v) is 1.51. The van der Waals surface area contributed by atoms with Gasteiger partial charge in [0.1, 0.15) is 6.54 Å². The molecule has 6 heteroatoms. The van der Waals surface area contributed by atoms with Gasteiger partial charge in [-0.25, -0.2) is 4.79 Å². The summed E-state index contributed by atoms with van der Waals surface area (Å²) in [5.41, 5.74) is 1.14. The highest BCUT2D eigenvalue weighted by atomic mass is 16.5. The summed E-state index contributed by atoms with van der Waals surface area (Å²) < 4.78 is 4.85. The molecule has 1 aromatic carbocycles. The predicted octanol–water partition coefficient (Wildman–Crippen LogP) is 1.23. The second-order valence-corrected chi connectivity index (χ2v) is 3.96. The van der Waals surface area contributed by atoms with Crippen molar-refractivity contribution in [1.29, 1.82) is 0 Å². The number of benzene rings is 1. The van der Waals surface area contributed by atoms with Crippen LogP contribution in [0.25, 0.3) is 0 Å². The second-order valence-electron chi connectivity index (χ2n) is 3.96. The van der Waals surface area contributed by atoms with Crippen LogP contribution in [-0.2, 0) is 9.53 Å². The Morgan fingerprint density at radius 1 is 1.50 bits per heavy atom. The van der Waals surface area contributed by atoms with Crippen molar-refractivity contribution < 1.29 is 19.4 Å². The summed E-state index contributed by atoms with van der Waals surface area (Å²) in [6.45, 7) is 0.0403. The first-order valence-corrected chi connectivity index (χ1v) is 5.90. The molecule has 2 amide bonds. The van der Waals surface area contributed by atoms with Gasteiger partial charge in [0, 0.05) is 24.9 Å². The summed E-state index contributed by atoms with van der Waals surface area (Å²) in [5.74, 6) is 1.37. The molecule has 106 valence electrons. The Morgan fingerprint density at radius 3 is 2.85 bits per heavy atom. The van der Waals surface area contributed by atoms with Crippen molar-refractivity contribution in [1.82, 2.24) is 4.90 Å². The molecule has 1 rings (SSSR count). The number of hydrogen-bond donors (Lipinski definition) is 2. The SMILES string of the molecule is C#Cc1cccc(NC(=O)N(CCOC)CC(=O)O)c1. The molecule has 0 bridgehead atoms. The maximum atomic E-state index is 12.0. The molecule has 0 atom stereocenters. The maximum absolute atomic E-state index is 12.0. The van der Waals surface area contributed by atoms with E-state index in [-0.39, 0.29) is 13.2 Å². The number of urea groups is 1. The smallest absolute Gasteiger partial charge is 0.323 e. The quantitative estimate of drug-likeness (QED) is 0.766. The summed E-state index contributed by atoms with van der Waals surface area (Å²) in [5, 5.41) is 11.4. The number of aliphatic carboxylic acids is 1. The standard InChI is InChI=1S/C14H16N2O4/c1-3-11-5-4-6-12(9-11)15-14(19)16(7-8-20-2)10-13(17)18/h1,4-6,9H,7-8,10H2,2H3,(H,15,19)(H,17,18). The maximum Gasteiger partial charge on any atom is 0.323 e. The molecule has 0 aliphatic rings. The highest BCUT2D eigenvalue weighted by Gasteiger charge is 2.16. The van der Waals surface area contributed by atoms with E-state index in [2.05, 4.69) is 11.2 Å². The fraction of sp³-hybridized carbons (Fsp3) is 0.286. The second kappa shape index (κ2) is 7.81. The van der Waals surface area contributed by atoms with E-state index < -0.39 is 18.5 Å². The number of rotatable bonds is 6. The number of nitrogens with zero attached hydrogens (tertiary/aromatic N) is 1. The summed E-state index contributed by atoms with van der Waals surface area (Å²) >= 11 is 0. The number of carboxylic acids is 1. The van der Waals surface area contributed by atoms with Crippen molar-refractivity contribution in [2.75, 3.05) is 32.1 Å². The van der Waals surface area contributed by atoms with Gasteiger partial charge < -0.3 is 20.1 Å². The van der Waals surface area contributed by atoms with Gasteiger partial charge in [-0.15, -0.1) is 6.42 Å². The van der Waals surface area contributed by atoms with Gasteiger partial charge in [0.2, 0.25) is 0 Å². The third kappa shape index (κ3) is 5.00. The minimum Gasteiger partial charge on any atom is -0.480 e. The summed E-state index contributed by atoms with van der Waals surface area (Å²) in [4.78, 5) is 23.9. The van der Waals surface area contributed by atoms with Gasteiger partial charge in [-0.1, -0.05) is 12.0 Å².